The van der Waals surface area contributed by atoms with Crippen LogP contribution in [0.5, 0.6) is 0 Å². The van der Waals surface area contributed by atoms with E-state index in [0.717, 1.165) is 23.9 Å². The van der Waals surface area contributed by atoms with Crippen LogP contribution in [0.2, 0.25) is 0 Å². The summed E-state index contributed by atoms with van der Waals surface area (Å²) < 4.78 is 54.1. The number of carbonyl (C=O) groups is 1. The highest BCUT2D eigenvalue weighted by Gasteiger charge is 2.66. The van der Waals surface area contributed by atoms with Crippen LogP contribution < -0.4 is 10.2 Å². The maximum absolute atomic E-state index is 14.1. The third kappa shape index (κ3) is 8.03. The topological polar surface area (TPSA) is 148 Å². The van der Waals surface area contributed by atoms with Crippen LogP contribution in [0.4, 0.5) is 5.69 Å². The van der Waals surface area contributed by atoms with Gasteiger partial charge in [-0.2, -0.15) is 4.31 Å². The third-order valence-corrected chi connectivity index (χ3v) is 13.8. The van der Waals surface area contributed by atoms with Crippen LogP contribution in [0, 0.1) is 23.7 Å². The van der Waals surface area contributed by atoms with Crippen LogP contribution in [-0.4, -0.2) is 123 Å². The monoisotopic (exact) mass is 670 g/mol. The number of anilines is 1. The molecule has 1 aromatic carbocycles. The molecule has 0 aromatic heterocycles. The predicted octanol–water partition coefficient (Wildman–Crippen LogP) is 1.62. The first-order chi connectivity index (χ1) is 20.9. The standard InChI is InChI=1S/C32H54N4O7S2/c1-23-9-7-8-10-27(23)34-14-16-36(17-15-34)45(42,43)22-32-13-11-26(31(32,4)5)19-29(32)33-30(39)28(12-18-44(6,40)41)35(20-24(2)37)21-25(3)38/h7-10,24-26,28-29,37-38H,11-22H2,1-6H3,(H,33,39)/t24-,25-,26?,28-,29?,32?/m0/s1. The number of aliphatic hydroxyl groups excluding tert-OH is 2. The van der Waals surface area contributed by atoms with E-state index < -0.39 is 55.5 Å². The normalized spacial score (nSPS) is 27.4. The Hall–Kier alpha value is -1.77. The van der Waals surface area contributed by atoms with E-state index in [1.54, 1.807) is 23.1 Å². The van der Waals surface area contributed by atoms with Crippen molar-refractivity contribution < 1.29 is 31.8 Å². The van der Waals surface area contributed by atoms with Gasteiger partial charge in [0.2, 0.25) is 15.9 Å². The van der Waals surface area contributed by atoms with Gasteiger partial charge < -0.3 is 20.4 Å². The van der Waals surface area contributed by atoms with Gasteiger partial charge in [-0.25, -0.2) is 16.8 Å². The minimum absolute atomic E-state index is 0.000112. The van der Waals surface area contributed by atoms with Gasteiger partial charge in [0, 0.05) is 62.7 Å². The number of benzene rings is 1. The molecule has 3 unspecified atom stereocenters. The van der Waals surface area contributed by atoms with Crippen molar-refractivity contribution in [2.45, 2.75) is 84.6 Å². The van der Waals surface area contributed by atoms with E-state index in [0.29, 0.717) is 39.0 Å². The van der Waals surface area contributed by atoms with E-state index in [1.165, 1.54) is 0 Å². The van der Waals surface area contributed by atoms with Gasteiger partial charge in [0.25, 0.3) is 0 Å². The average molecular weight is 671 g/mol. The van der Waals surface area contributed by atoms with E-state index in [4.69, 9.17) is 0 Å². The summed E-state index contributed by atoms with van der Waals surface area (Å²) in [6.07, 6.45) is 1.74. The Kier molecular flexibility index (Phi) is 11.0. The number of fused-ring (bicyclic) bond motifs is 2. The number of aryl methyl sites for hydroxylation is 1. The molecule has 13 heteroatoms. The highest BCUT2D eigenvalue weighted by Crippen LogP contribution is 2.66. The number of hydrogen-bond donors (Lipinski definition) is 3. The highest BCUT2D eigenvalue weighted by atomic mass is 32.2. The van der Waals surface area contributed by atoms with E-state index in [2.05, 4.69) is 43.1 Å². The Morgan fingerprint density at radius 1 is 1.04 bits per heavy atom. The molecule has 45 heavy (non-hydrogen) atoms. The van der Waals surface area contributed by atoms with Crippen molar-refractivity contribution in [3.05, 3.63) is 29.8 Å². The van der Waals surface area contributed by atoms with Crippen molar-refractivity contribution in [2.75, 3.05) is 61.9 Å². The molecule has 256 valence electrons. The fourth-order valence-electron chi connectivity index (χ4n) is 8.25. The predicted molar refractivity (Wildman–Crippen MR) is 177 cm³/mol. The number of sulfonamides is 1. The Morgan fingerprint density at radius 2 is 1.64 bits per heavy atom. The Bertz CT molecular complexity index is 1400. The summed E-state index contributed by atoms with van der Waals surface area (Å²) in [6.45, 7) is 11.6. The van der Waals surface area contributed by atoms with Gasteiger partial charge >= 0.3 is 0 Å². The minimum atomic E-state index is -3.66. The molecule has 3 N–H and O–H groups in total. The molecule has 1 saturated heterocycles. The number of amides is 1. The smallest absolute Gasteiger partial charge is 0.237 e. The Labute approximate surface area is 270 Å². The number of nitrogens with one attached hydrogen (secondary N) is 1. The maximum Gasteiger partial charge on any atom is 0.237 e. The van der Waals surface area contributed by atoms with Gasteiger partial charge in [-0.05, 0) is 69.4 Å². The second-order valence-corrected chi connectivity index (χ2v) is 18.7. The van der Waals surface area contributed by atoms with E-state index in [-0.39, 0.29) is 42.3 Å². The molecule has 1 amide bonds. The molecule has 2 saturated carbocycles. The van der Waals surface area contributed by atoms with E-state index >= 15 is 0 Å². The Morgan fingerprint density at radius 3 is 2.18 bits per heavy atom. The highest BCUT2D eigenvalue weighted by molar-refractivity contribution is 7.90. The van der Waals surface area contributed by atoms with Gasteiger partial charge in [-0.3, -0.25) is 9.69 Å². The van der Waals surface area contributed by atoms with Crippen molar-refractivity contribution in [1.82, 2.24) is 14.5 Å². The van der Waals surface area contributed by atoms with Gasteiger partial charge in [0.05, 0.1) is 29.8 Å². The molecular weight excluding hydrogens is 617 g/mol. The SMILES string of the molecule is Cc1ccccc1N1CCN(S(=O)(=O)CC23CCC(CC2NC(=O)[C@H](CCS(C)(=O)=O)N(C[C@H](C)O)C[C@H](C)O)C3(C)C)CC1. The molecule has 3 fully saturated rings. The molecule has 0 spiro atoms. The molecule has 2 aliphatic carbocycles. The molecule has 2 bridgehead atoms. The lowest BCUT2D eigenvalue weighted by atomic mass is 9.69. The lowest BCUT2D eigenvalue weighted by Gasteiger charge is -2.45. The van der Waals surface area contributed by atoms with Crippen molar-refractivity contribution in [3.8, 4) is 0 Å². The van der Waals surface area contributed by atoms with Crippen LogP contribution in [0.25, 0.3) is 0 Å². The zero-order chi connectivity index (χ0) is 33.4. The van der Waals surface area contributed by atoms with Gasteiger partial charge in [0.1, 0.15) is 9.84 Å². The van der Waals surface area contributed by atoms with Crippen molar-refractivity contribution in [1.29, 1.82) is 0 Å². The molecule has 11 nitrogen and oxygen atoms in total. The second kappa shape index (κ2) is 13.8. The molecule has 6 atom stereocenters. The Balaban J connectivity index is 1.55. The zero-order valence-electron chi connectivity index (χ0n) is 27.8. The summed E-state index contributed by atoms with van der Waals surface area (Å²) in [7, 11) is -7.05. The lowest BCUT2D eigenvalue weighted by Crippen LogP contribution is -2.59. The summed E-state index contributed by atoms with van der Waals surface area (Å²) in [5.74, 6) is -0.431. The minimum Gasteiger partial charge on any atom is -0.392 e. The maximum atomic E-state index is 14.1. The molecule has 1 aromatic rings. The van der Waals surface area contributed by atoms with Gasteiger partial charge in [0.15, 0.2) is 0 Å². The van der Waals surface area contributed by atoms with Gasteiger partial charge in [-0.1, -0.05) is 32.0 Å². The van der Waals surface area contributed by atoms with Gasteiger partial charge in [-0.15, -0.1) is 0 Å². The first-order valence-electron chi connectivity index (χ1n) is 16.2. The molecule has 3 aliphatic rings. The number of rotatable bonds is 14. The van der Waals surface area contributed by atoms with Crippen LogP contribution in [0.3, 0.4) is 0 Å². The summed E-state index contributed by atoms with van der Waals surface area (Å²) in [5.41, 5.74) is 1.27. The van der Waals surface area contributed by atoms with Crippen LogP contribution in [-0.2, 0) is 24.7 Å². The molecule has 1 heterocycles. The lowest BCUT2D eigenvalue weighted by molar-refractivity contribution is -0.129. The number of piperazine rings is 1. The summed E-state index contributed by atoms with van der Waals surface area (Å²) in [6, 6.07) is 6.81. The number of carbonyl (C=O) groups excluding carboxylic acids is 1. The summed E-state index contributed by atoms with van der Waals surface area (Å²) in [4.78, 5) is 17.9. The molecule has 0 radical (unpaired) electrons. The quantitative estimate of drug-likeness (QED) is 0.269. The fraction of sp³-hybridized carbons (Fsp3) is 0.781. The number of hydrogen-bond acceptors (Lipinski definition) is 9. The number of aliphatic hydroxyl groups is 2. The number of para-hydroxylation sites is 1. The molecule has 4 rings (SSSR count). The first-order valence-corrected chi connectivity index (χ1v) is 19.9. The molecular formula is C32H54N4O7S2. The third-order valence-electron chi connectivity index (χ3n) is 10.8. The fourth-order valence-corrected chi connectivity index (χ4v) is 11.2. The second-order valence-electron chi connectivity index (χ2n) is 14.4. The van der Waals surface area contributed by atoms with Crippen molar-refractivity contribution in [2.24, 2.45) is 16.7 Å². The van der Waals surface area contributed by atoms with E-state index in [1.807, 2.05) is 12.1 Å². The number of sulfone groups is 1. The summed E-state index contributed by atoms with van der Waals surface area (Å²) in [5, 5.41) is 23.5. The zero-order valence-corrected chi connectivity index (χ0v) is 29.4. The first kappa shape index (κ1) is 36.1. The summed E-state index contributed by atoms with van der Waals surface area (Å²) >= 11 is 0. The van der Waals surface area contributed by atoms with Crippen molar-refractivity contribution >= 4 is 31.5 Å². The largest absolute Gasteiger partial charge is 0.392 e. The number of nitrogens with zero attached hydrogens (tertiary/aromatic N) is 3. The van der Waals surface area contributed by atoms with Crippen LogP contribution >= 0.6 is 0 Å². The van der Waals surface area contributed by atoms with Crippen LogP contribution in [0.15, 0.2) is 24.3 Å². The molecule has 1 aliphatic heterocycles. The average Bonchev–Trinajstić information content (AvgIpc) is 3.27. The van der Waals surface area contributed by atoms with Crippen LogP contribution in [0.1, 0.15) is 58.9 Å². The van der Waals surface area contributed by atoms with Crippen molar-refractivity contribution in [3.63, 3.8) is 0 Å². The van der Waals surface area contributed by atoms with E-state index in [9.17, 15) is 31.8 Å².